The third-order valence-corrected chi connectivity index (χ3v) is 2.85. The topological polar surface area (TPSA) is 72.2 Å². The molecule has 0 aliphatic heterocycles. The zero-order valence-electron chi connectivity index (χ0n) is 11.0. The summed E-state index contributed by atoms with van der Waals surface area (Å²) in [5, 5.41) is 2.36. The summed E-state index contributed by atoms with van der Waals surface area (Å²) in [4.78, 5) is 23.3. The molecule has 1 aromatic rings. The summed E-state index contributed by atoms with van der Waals surface area (Å²) in [7, 11) is 0. The summed E-state index contributed by atoms with van der Waals surface area (Å²) >= 11 is 0. The molecule has 0 aliphatic rings. The van der Waals surface area contributed by atoms with Gasteiger partial charge in [0.2, 0.25) is 5.78 Å². The van der Waals surface area contributed by atoms with Crippen LogP contribution in [0, 0.1) is 0 Å². The molecular formula is C14H18F2N2O2. The van der Waals surface area contributed by atoms with Gasteiger partial charge in [0.05, 0.1) is 6.04 Å². The maximum absolute atomic E-state index is 12.5. The highest BCUT2D eigenvalue weighted by Crippen LogP contribution is 2.09. The Kier molecular flexibility index (Phi) is 6.79. The molecule has 1 amide bonds. The highest BCUT2D eigenvalue weighted by molar-refractivity contribution is 5.98. The highest BCUT2D eigenvalue weighted by Gasteiger charge is 2.27. The molecule has 110 valence electrons. The van der Waals surface area contributed by atoms with Crippen LogP contribution in [0.15, 0.2) is 30.3 Å². The second-order valence-electron chi connectivity index (χ2n) is 4.38. The van der Waals surface area contributed by atoms with Crippen LogP contribution in [-0.2, 0) is 4.79 Å². The summed E-state index contributed by atoms with van der Waals surface area (Å²) < 4.78 is 25.0. The lowest BCUT2D eigenvalue weighted by Gasteiger charge is -2.17. The van der Waals surface area contributed by atoms with Crippen molar-refractivity contribution < 1.29 is 18.4 Å². The Morgan fingerprint density at radius 2 is 1.80 bits per heavy atom. The van der Waals surface area contributed by atoms with E-state index in [2.05, 4.69) is 5.32 Å². The second kappa shape index (κ2) is 8.37. The molecule has 0 aromatic heterocycles. The number of hydrogen-bond donors (Lipinski definition) is 2. The number of rotatable bonds is 8. The van der Waals surface area contributed by atoms with Gasteiger partial charge in [0.15, 0.2) is 0 Å². The number of unbranched alkanes of at least 4 members (excludes halogenated alkanes) is 1. The van der Waals surface area contributed by atoms with E-state index in [4.69, 9.17) is 5.73 Å². The number of amides is 1. The minimum absolute atomic E-state index is 0.166. The fourth-order valence-electron chi connectivity index (χ4n) is 1.76. The number of carbonyl (C=O) groups excluding carboxylic acids is 2. The molecule has 4 nitrogen and oxygen atoms in total. The molecule has 0 fully saturated rings. The van der Waals surface area contributed by atoms with E-state index in [1.54, 1.807) is 30.3 Å². The number of benzene rings is 1. The molecule has 1 aromatic carbocycles. The minimum Gasteiger partial charge on any atom is -0.342 e. The normalized spacial score (nSPS) is 12.2. The molecule has 20 heavy (non-hydrogen) atoms. The van der Waals surface area contributed by atoms with Crippen LogP contribution >= 0.6 is 0 Å². The van der Waals surface area contributed by atoms with E-state index in [1.807, 2.05) is 0 Å². The SMILES string of the molecule is NCCCCC(NC(=O)c1ccccc1)C(=O)C(F)F. The summed E-state index contributed by atoms with van der Waals surface area (Å²) in [5.74, 6) is -1.79. The number of carbonyl (C=O) groups is 2. The quantitative estimate of drug-likeness (QED) is 0.714. The molecule has 0 saturated carbocycles. The summed E-state index contributed by atoms with van der Waals surface area (Å²) in [6, 6.07) is 6.99. The number of hydrogen-bond acceptors (Lipinski definition) is 3. The largest absolute Gasteiger partial charge is 0.342 e. The van der Waals surface area contributed by atoms with E-state index >= 15 is 0 Å². The van der Waals surface area contributed by atoms with E-state index in [0.717, 1.165) is 0 Å². The predicted octanol–water partition coefficient (Wildman–Crippen LogP) is 1.75. The Balaban J connectivity index is 2.68. The average molecular weight is 284 g/mol. The molecular weight excluding hydrogens is 266 g/mol. The second-order valence-corrected chi connectivity index (χ2v) is 4.38. The summed E-state index contributed by atoms with van der Waals surface area (Å²) in [6.07, 6.45) is -1.80. The van der Waals surface area contributed by atoms with E-state index in [-0.39, 0.29) is 6.42 Å². The molecule has 0 spiro atoms. The Morgan fingerprint density at radius 1 is 1.15 bits per heavy atom. The van der Waals surface area contributed by atoms with Crippen molar-refractivity contribution in [2.24, 2.45) is 5.73 Å². The molecule has 0 aliphatic carbocycles. The monoisotopic (exact) mass is 284 g/mol. The Labute approximate surface area is 116 Å². The van der Waals surface area contributed by atoms with Crippen LogP contribution in [0.3, 0.4) is 0 Å². The first-order valence-corrected chi connectivity index (χ1v) is 6.44. The van der Waals surface area contributed by atoms with E-state index in [1.165, 1.54) is 0 Å². The Morgan fingerprint density at radius 3 is 2.35 bits per heavy atom. The fourth-order valence-corrected chi connectivity index (χ4v) is 1.76. The summed E-state index contributed by atoms with van der Waals surface area (Å²) in [6.45, 7) is 0.419. The maximum Gasteiger partial charge on any atom is 0.298 e. The standard InChI is InChI=1S/C14H18F2N2O2/c15-13(16)12(19)11(8-4-5-9-17)18-14(20)10-6-2-1-3-7-10/h1-3,6-7,11,13H,4-5,8-9,17H2,(H,18,20). The van der Waals surface area contributed by atoms with Crippen LogP contribution in [0.2, 0.25) is 0 Å². The number of nitrogens with two attached hydrogens (primary N) is 1. The van der Waals surface area contributed by atoms with Crippen LogP contribution < -0.4 is 11.1 Å². The van der Waals surface area contributed by atoms with Crippen molar-refractivity contribution in [3.63, 3.8) is 0 Å². The number of halogens is 2. The first-order valence-electron chi connectivity index (χ1n) is 6.44. The molecule has 0 bridgehead atoms. The van der Waals surface area contributed by atoms with Crippen LogP contribution in [-0.4, -0.2) is 30.7 Å². The van der Waals surface area contributed by atoms with Gasteiger partial charge in [-0.3, -0.25) is 9.59 Å². The number of ketones is 1. The van der Waals surface area contributed by atoms with Crippen LogP contribution in [0.5, 0.6) is 0 Å². The van der Waals surface area contributed by atoms with Gasteiger partial charge in [-0.1, -0.05) is 18.2 Å². The number of nitrogens with one attached hydrogen (secondary N) is 1. The zero-order chi connectivity index (χ0) is 15.0. The van der Waals surface area contributed by atoms with Gasteiger partial charge < -0.3 is 11.1 Å². The third kappa shape index (κ3) is 5.05. The minimum atomic E-state index is -3.09. The molecule has 3 N–H and O–H groups in total. The van der Waals surface area contributed by atoms with E-state index in [9.17, 15) is 18.4 Å². The van der Waals surface area contributed by atoms with Crippen molar-refractivity contribution in [1.29, 1.82) is 0 Å². The van der Waals surface area contributed by atoms with Crippen LogP contribution in [0.25, 0.3) is 0 Å². The lowest BCUT2D eigenvalue weighted by molar-refractivity contribution is -0.131. The average Bonchev–Trinajstić information content (AvgIpc) is 2.46. The van der Waals surface area contributed by atoms with Gasteiger partial charge in [-0.05, 0) is 37.9 Å². The molecule has 0 saturated heterocycles. The van der Waals surface area contributed by atoms with Gasteiger partial charge in [0, 0.05) is 5.56 Å². The van der Waals surface area contributed by atoms with Gasteiger partial charge in [-0.15, -0.1) is 0 Å². The van der Waals surface area contributed by atoms with Crippen molar-refractivity contribution in [2.75, 3.05) is 6.54 Å². The van der Waals surface area contributed by atoms with Crippen molar-refractivity contribution in [2.45, 2.75) is 31.7 Å². The van der Waals surface area contributed by atoms with Gasteiger partial charge >= 0.3 is 0 Å². The molecule has 1 atom stereocenters. The molecule has 0 heterocycles. The van der Waals surface area contributed by atoms with Gasteiger partial charge in [-0.2, -0.15) is 0 Å². The molecule has 6 heteroatoms. The first kappa shape index (κ1) is 16.2. The van der Waals surface area contributed by atoms with Crippen molar-refractivity contribution in [1.82, 2.24) is 5.32 Å². The highest BCUT2D eigenvalue weighted by atomic mass is 19.3. The van der Waals surface area contributed by atoms with Crippen molar-refractivity contribution >= 4 is 11.7 Å². The van der Waals surface area contributed by atoms with Gasteiger partial charge in [0.1, 0.15) is 0 Å². The zero-order valence-corrected chi connectivity index (χ0v) is 11.0. The van der Waals surface area contributed by atoms with Crippen LogP contribution in [0.1, 0.15) is 29.6 Å². The molecule has 1 unspecified atom stereocenters. The van der Waals surface area contributed by atoms with Gasteiger partial charge in [0.25, 0.3) is 12.3 Å². The Bertz CT molecular complexity index is 438. The lowest BCUT2D eigenvalue weighted by atomic mass is 10.0. The van der Waals surface area contributed by atoms with E-state index < -0.39 is 24.2 Å². The van der Waals surface area contributed by atoms with E-state index in [0.29, 0.717) is 24.9 Å². The maximum atomic E-state index is 12.5. The molecule has 1 rings (SSSR count). The lowest BCUT2D eigenvalue weighted by Crippen LogP contribution is -2.43. The first-order chi connectivity index (χ1) is 9.56. The smallest absolute Gasteiger partial charge is 0.298 e. The number of alkyl halides is 2. The van der Waals surface area contributed by atoms with Crippen molar-refractivity contribution in [3.05, 3.63) is 35.9 Å². The fraction of sp³-hybridized carbons (Fsp3) is 0.429. The number of Topliss-reactive ketones (excluding diaryl/α,β-unsaturated/α-hetero) is 1. The van der Waals surface area contributed by atoms with Crippen molar-refractivity contribution in [3.8, 4) is 0 Å². The summed E-state index contributed by atoms with van der Waals surface area (Å²) in [5.41, 5.74) is 5.65. The van der Waals surface area contributed by atoms with Crippen LogP contribution in [0.4, 0.5) is 8.78 Å². The third-order valence-electron chi connectivity index (χ3n) is 2.85. The van der Waals surface area contributed by atoms with Gasteiger partial charge in [-0.25, -0.2) is 8.78 Å². The Hall–Kier alpha value is -1.82. The molecule has 0 radical (unpaired) electrons. The predicted molar refractivity (Wildman–Crippen MR) is 71.6 cm³/mol.